The third-order valence-corrected chi connectivity index (χ3v) is 3.29. The highest BCUT2D eigenvalue weighted by Crippen LogP contribution is 2.38. The van der Waals surface area contributed by atoms with Gasteiger partial charge in [-0.2, -0.15) is 0 Å². The minimum absolute atomic E-state index is 0.664. The van der Waals surface area contributed by atoms with Crippen LogP contribution < -0.4 is 5.32 Å². The maximum atomic E-state index is 4.30. The summed E-state index contributed by atoms with van der Waals surface area (Å²) in [5.41, 5.74) is 2.56. The Balaban J connectivity index is 1.84. The van der Waals surface area contributed by atoms with Gasteiger partial charge in [-0.1, -0.05) is 5.21 Å². The van der Waals surface area contributed by atoms with Gasteiger partial charge < -0.3 is 5.32 Å². The Labute approximate surface area is 90.0 Å². The molecule has 0 saturated heterocycles. The van der Waals surface area contributed by atoms with Crippen molar-refractivity contribution in [2.45, 2.75) is 44.7 Å². The Kier molecular flexibility index (Phi) is 2.24. The first-order valence-electron chi connectivity index (χ1n) is 5.96. The van der Waals surface area contributed by atoms with Crippen LogP contribution in [0.3, 0.4) is 0 Å². The summed E-state index contributed by atoms with van der Waals surface area (Å²) in [4.78, 5) is 0. The SMILES string of the molecule is CNCc1nnn(C2CC2)c1CC1CC1. The quantitative estimate of drug-likeness (QED) is 0.789. The van der Waals surface area contributed by atoms with E-state index in [1.165, 1.54) is 37.8 Å². The molecule has 0 aromatic carbocycles. The number of hydrogen-bond donors (Lipinski definition) is 1. The van der Waals surface area contributed by atoms with Gasteiger partial charge in [0.15, 0.2) is 0 Å². The van der Waals surface area contributed by atoms with Crippen molar-refractivity contribution in [3.8, 4) is 0 Å². The highest BCUT2D eigenvalue weighted by Gasteiger charge is 2.31. The molecular formula is C11H18N4. The molecule has 0 bridgehead atoms. The molecule has 1 N–H and O–H groups in total. The molecule has 1 heterocycles. The van der Waals surface area contributed by atoms with Gasteiger partial charge >= 0.3 is 0 Å². The smallest absolute Gasteiger partial charge is 0.0996 e. The number of nitrogens with one attached hydrogen (secondary N) is 1. The van der Waals surface area contributed by atoms with Crippen molar-refractivity contribution in [1.29, 1.82) is 0 Å². The summed E-state index contributed by atoms with van der Waals surface area (Å²) in [6, 6.07) is 0.664. The molecule has 0 amide bonds. The molecule has 4 nitrogen and oxygen atoms in total. The van der Waals surface area contributed by atoms with Gasteiger partial charge in [0, 0.05) is 6.54 Å². The lowest BCUT2D eigenvalue weighted by molar-refractivity contribution is 0.571. The van der Waals surface area contributed by atoms with Gasteiger partial charge in [-0.25, -0.2) is 4.68 Å². The van der Waals surface area contributed by atoms with E-state index < -0.39 is 0 Å². The van der Waals surface area contributed by atoms with Gasteiger partial charge in [0.2, 0.25) is 0 Å². The number of aromatic nitrogens is 3. The average molecular weight is 206 g/mol. The van der Waals surface area contributed by atoms with Crippen molar-refractivity contribution in [3.05, 3.63) is 11.4 Å². The largest absolute Gasteiger partial charge is 0.314 e. The van der Waals surface area contributed by atoms with Crippen molar-refractivity contribution in [3.63, 3.8) is 0 Å². The average Bonchev–Trinajstić information content (AvgIpc) is 3.10. The second kappa shape index (κ2) is 3.59. The Hall–Kier alpha value is -0.900. The Morgan fingerprint density at radius 3 is 2.73 bits per heavy atom. The van der Waals surface area contributed by atoms with Gasteiger partial charge in [-0.05, 0) is 45.1 Å². The van der Waals surface area contributed by atoms with Crippen molar-refractivity contribution in [1.82, 2.24) is 20.3 Å². The fraction of sp³-hybridized carbons (Fsp3) is 0.818. The fourth-order valence-electron chi connectivity index (χ4n) is 2.07. The first-order chi connectivity index (χ1) is 7.38. The maximum absolute atomic E-state index is 4.30. The van der Waals surface area contributed by atoms with Gasteiger partial charge in [-0.3, -0.25) is 0 Å². The highest BCUT2D eigenvalue weighted by molar-refractivity contribution is 5.14. The monoisotopic (exact) mass is 206 g/mol. The van der Waals surface area contributed by atoms with Gasteiger partial charge in [0.05, 0.1) is 17.4 Å². The first kappa shape index (κ1) is 9.33. The minimum atomic E-state index is 0.664. The van der Waals surface area contributed by atoms with Crippen LogP contribution in [0.1, 0.15) is 43.1 Å². The molecule has 82 valence electrons. The molecule has 1 aromatic heterocycles. The van der Waals surface area contributed by atoms with Crippen LogP contribution in [-0.4, -0.2) is 22.0 Å². The van der Waals surface area contributed by atoms with Crippen LogP contribution in [0, 0.1) is 5.92 Å². The summed E-state index contributed by atoms with van der Waals surface area (Å²) in [6.45, 7) is 0.856. The summed E-state index contributed by atoms with van der Waals surface area (Å²) in [7, 11) is 1.97. The van der Waals surface area contributed by atoms with Crippen molar-refractivity contribution < 1.29 is 0 Å². The van der Waals surface area contributed by atoms with E-state index in [-0.39, 0.29) is 0 Å². The lowest BCUT2D eigenvalue weighted by Crippen LogP contribution is -2.10. The van der Waals surface area contributed by atoms with Crippen molar-refractivity contribution in [2.75, 3.05) is 7.05 Å². The Bertz CT molecular complexity index is 349. The van der Waals surface area contributed by atoms with Crippen LogP contribution in [0.2, 0.25) is 0 Å². The second-order valence-corrected chi connectivity index (χ2v) is 4.84. The molecule has 2 fully saturated rings. The van der Waals surface area contributed by atoms with Crippen molar-refractivity contribution >= 4 is 0 Å². The lowest BCUT2D eigenvalue weighted by atomic mass is 10.2. The van der Waals surface area contributed by atoms with E-state index >= 15 is 0 Å². The van der Waals surface area contributed by atoms with Gasteiger partial charge in [-0.15, -0.1) is 5.10 Å². The minimum Gasteiger partial charge on any atom is -0.314 e. The van der Waals surface area contributed by atoms with Gasteiger partial charge in [0.1, 0.15) is 0 Å². The topological polar surface area (TPSA) is 42.7 Å². The van der Waals surface area contributed by atoms with Crippen LogP contribution in [0.15, 0.2) is 0 Å². The Morgan fingerprint density at radius 2 is 2.13 bits per heavy atom. The molecule has 1 aromatic rings. The molecule has 2 aliphatic rings. The highest BCUT2D eigenvalue weighted by atomic mass is 15.5. The van der Waals surface area contributed by atoms with Crippen LogP contribution in [0.25, 0.3) is 0 Å². The van der Waals surface area contributed by atoms with E-state index in [0.717, 1.165) is 18.2 Å². The van der Waals surface area contributed by atoms with E-state index in [9.17, 15) is 0 Å². The molecule has 0 atom stereocenters. The molecule has 0 unspecified atom stereocenters. The van der Waals surface area contributed by atoms with Crippen LogP contribution >= 0.6 is 0 Å². The zero-order valence-corrected chi connectivity index (χ0v) is 9.24. The van der Waals surface area contributed by atoms with Crippen LogP contribution in [-0.2, 0) is 13.0 Å². The molecule has 3 rings (SSSR count). The second-order valence-electron chi connectivity index (χ2n) is 4.84. The van der Waals surface area contributed by atoms with Crippen LogP contribution in [0.4, 0.5) is 0 Å². The van der Waals surface area contributed by atoms with Crippen LogP contribution in [0.5, 0.6) is 0 Å². The summed E-state index contributed by atoms with van der Waals surface area (Å²) >= 11 is 0. The summed E-state index contributed by atoms with van der Waals surface area (Å²) in [5.74, 6) is 0.914. The molecule has 4 heteroatoms. The molecule has 2 saturated carbocycles. The maximum Gasteiger partial charge on any atom is 0.0996 e. The van der Waals surface area contributed by atoms with E-state index in [0.29, 0.717) is 6.04 Å². The third-order valence-electron chi connectivity index (χ3n) is 3.29. The Morgan fingerprint density at radius 1 is 1.33 bits per heavy atom. The van der Waals surface area contributed by atoms with E-state index in [1.807, 2.05) is 7.05 Å². The molecule has 0 radical (unpaired) electrons. The van der Waals surface area contributed by atoms with E-state index in [4.69, 9.17) is 0 Å². The molecule has 0 aliphatic heterocycles. The predicted molar refractivity (Wildman–Crippen MR) is 57.5 cm³/mol. The summed E-state index contributed by atoms with van der Waals surface area (Å²) < 4.78 is 2.19. The zero-order valence-electron chi connectivity index (χ0n) is 9.24. The summed E-state index contributed by atoms with van der Waals surface area (Å²) in [6.07, 6.45) is 6.57. The number of hydrogen-bond acceptors (Lipinski definition) is 3. The first-order valence-corrected chi connectivity index (χ1v) is 5.96. The van der Waals surface area contributed by atoms with Gasteiger partial charge in [0.25, 0.3) is 0 Å². The number of nitrogens with zero attached hydrogens (tertiary/aromatic N) is 3. The molecule has 0 spiro atoms. The van der Waals surface area contributed by atoms with E-state index in [1.54, 1.807) is 0 Å². The summed E-state index contributed by atoms with van der Waals surface area (Å²) in [5, 5.41) is 11.8. The molecular weight excluding hydrogens is 188 g/mol. The molecule has 2 aliphatic carbocycles. The number of rotatable bonds is 5. The standard InChI is InChI=1S/C11H18N4/c1-12-7-10-11(6-8-2-3-8)15(14-13-10)9-4-5-9/h8-9,12H,2-7H2,1H3. The third kappa shape index (κ3) is 1.91. The lowest BCUT2D eigenvalue weighted by Gasteiger charge is -2.05. The van der Waals surface area contributed by atoms with Crippen molar-refractivity contribution in [2.24, 2.45) is 5.92 Å². The normalized spacial score (nSPS) is 20.9. The fourth-order valence-corrected chi connectivity index (χ4v) is 2.07. The van der Waals surface area contributed by atoms with E-state index in [2.05, 4.69) is 20.3 Å². The molecule has 15 heavy (non-hydrogen) atoms. The zero-order chi connectivity index (χ0) is 10.3. The predicted octanol–water partition coefficient (Wildman–Crippen LogP) is 1.28.